The molecule has 5 nitrogen and oxygen atoms in total. The second-order valence-corrected chi connectivity index (χ2v) is 6.60. The van der Waals surface area contributed by atoms with Gasteiger partial charge in [0.15, 0.2) is 0 Å². The average molecular weight is 317 g/mol. The maximum absolute atomic E-state index is 12.4. The minimum atomic E-state index is -0.759. The van der Waals surface area contributed by atoms with Crippen LogP contribution in [0, 0.1) is 17.8 Å². The summed E-state index contributed by atoms with van der Waals surface area (Å²) in [6.45, 7) is 0.978. The summed E-state index contributed by atoms with van der Waals surface area (Å²) in [4.78, 5) is 25.6. The van der Waals surface area contributed by atoms with Gasteiger partial charge in [-0.1, -0.05) is 12.1 Å². The van der Waals surface area contributed by atoms with Crippen molar-refractivity contribution in [1.82, 2.24) is 4.90 Å². The van der Waals surface area contributed by atoms with Crippen molar-refractivity contribution in [2.24, 2.45) is 17.8 Å². The number of aliphatic carboxylic acids is 1. The van der Waals surface area contributed by atoms with Crippen LogP contribution in [-0.2, 0) is 16.0 Å². The fourth-order valence-electron chi connectivity index (χ4n) is 3.53. The van der Waals surface area contributed by atoms with Crippen molar-refractivity contribution in [3.63, 3.8) is 0 Å². The monoisotopic (exact) mass is 317 g/mol. The highest BCUT2D eigenvalue weighted by molar-refractivity contribution is 5.79. The SMILES string of the molecule is COc1cccc(CCC(=O)N2C[C@H](C(=O)O)[C@@H](C3CC3)C2)c1. The normalized spacial score (nSPS) is 23.8. The Morgan fingerprint density at radius 1 is 1.30 bits per heavy atom. The van der Waals surface area contributed by atoms with E-state index in [1.54, 1.807) is 12.0 Å². The Kier molecular flexibility index (Phi) is 4.55. The van der Waals surface area contributed by atoms with Crippen molar-refractivity contribution >= 4 is 11.9 Å². The lowest BCUT2D eigenvalue weighted by molar-refractivity contribution is -0.142. The van der Waals surface area contributed by atoms with Gasteiger partial charge in [0.05, 0.1) is 13.0 Å². The van der Waals surface area contributed by atoms with Gasteiger partial charge in [-0.05, 0) is 48.8 Å². The Hall–Kier alpha value is -2.04. The molecule has 1 amide bonds. The molecule has 0 bridgehead atoms. The van der Waals surface area contributed by atoms with E-state index < -0.39 is 5.97 Å². The van der Waals surface area contributed by atoms with Gasteiger partial charge in [-0.25, -0.2) is 0 Å². The maximum atomic E-state index is 12.4. The summed E-state index contributed by atoms with van der Waals surface area (Å²) in [6.07, 6.45) is 3.29. The molecule has 5 heteroatoms. The predicted molar refractivity (Wildman–Crippen MR) is 85.2 cm³/mol. The van der Waals surface area contributed by atoms with Crippen molar-refractivity contribution in [2.75, 3.05) is 20.2 Å². The number of benzene rings is 1. The van der Waals surface area contributed by atoms with E-state index in [9.17, 15) is 14.7 Å². The molecule has 1 heterocycles. The zero-order valence-electron chi connectivity index (χ0n) is 13.4. The highest BCUT2D eigenvalue weighted by Gasteiger charge is 2.46. The quantitative estimate of drug-likeness (QED) is 0.873. The highest BCUT2D eigenvalue weighted by Crippen LogP contribution is 2.44. The van der Waals surface area contributed by atoms with Gasteiger partial charge >= 0.3 is 5.97 Å². The van der Waals surface area contributed by atoms with Crippen LogP contribution in [0.3, 0.4) is 0 Å². The smallest absolute Gasteiger partial charge is 0.308 e. The van der Waals surface area contributed by atoms with Gasteiger partial charge in [-0.15, -0.1) is 0 Å². The maximum Gasteiger partial charge on any atom is 0.308 e. The molecule has 0 aromatic heterocycles. The molecule has 0 radical (unpaired) electrons. The number of amides is 1. The summed E-state index contributed by atoms with van der Waals surface area (Å²) in [5, 5.41) is 9.37. The topological polar surface area (TPSA) is 66.8 Å². The lowest BCUT2D eigenvalue weighted by atomic mass is 9.92. The number of carboxylic acid groups (broad SMARTS) is 1. The van der Waals surface area contributed by atoms with Gasteiger partial charge in [0.1, 0.15) is 5.75 Å². The van der Waals surface area contributed by atoms with Crippen LogP contribution in [0.2, 0.25) is 0 Å². The van der Waals surface area contributed by atoms with E-state index in [0.29, 0.717) is 31.8 Å². The van der Waals surface area contributed by atoms with Crippen LogP contribution in [0.4, 0.5) is 0 Å². The molecule has 1 aromatic rings. The van der Waals surface area contributed by atoms with Gasteiger partial charge in [0, 0.05) is 19.5 Å². The van der Waals surface area contributed by atoms with Crippen LogP contribution < -0.4 is 4.74 Å². The van der Waals surface area contributed by atoms with E-state index in [2.05, 4.69) is 0 Å². The van der Waals surface area contributed by atoms with Gasteiger partial charge in [-0.2, -0.15) is 0 Å². The number of carbonyl (C=O) groups excluding carboxylic acids is 1. The Labute approximate surface area is 136 Å². The highest BCUT2D eigenvalue weighted by atomic mass is 16.5. The Bertz CT molecular complexity index is 596. The first-order valence-electron chi connectivity index (χ1n) is 8.22. The van der Waals surface area contributed by atoms with Gasteiger partial charge in [0.25, 0.3) is 0 Å². The summed E-state index contributed by atoms with van der Waals surface area (Å²) >= 11 is 0. The second-order valence-electron chi connectivity index (χ2n) is 6.60. The third kappa shape index (κ3) is 3.66. The number of nitrogens with zero attached hydrogens (tertiary/aromatic N) is 1. The molecule has 3 rings (SSSR count). The Balaban J connectivity index is 1.57. The third-order valence-electron chi connectivity index (χ3n) is 5.02. The number of carboxylic acids is 1. The fraction of sp³-hybridized carbons (Fsp3) is 0.556. The van der Waals surface area contributed by atoms with Crippen LogP contribution in [0.1, 0.15) is 24.8 Å². The molecule has 23 heavy (non-hydrogen) atoms. The first kappa shape index (κ1) is 15.8. The standard InChI is InChI=1S/C18H23NO4/c1-23-14-4-2-3-12(9-14)5-8-17(20)19-10-15(13-6-7-13)16(11-19)18(21)22/h2-4,9,13,15-16H,5-8,10-11H2,1H3,(H,21,22)/t15-,16+/m1/s1. The number of rotatable bonds is 6. The first-order valence-corrected chi connectivity index (χ1v) is 8.22. The number of hydrogen-bond acceptors (Lipinski definition) is 3. The van der Waals surface area contributed by atoms with Crippen LogP contribution >= 0.6 is 0 Å². The average Bonchev–Trinajstić information content (AvgIpc) is 3.30. The van der Waals surface area contributed by atoms with Crippen molar-refractivity contribution in [1.29, 1.82) is 0 Å². The molecule has 1 aliphatic heterocycles. The largest absolute Gasteiger partial charge is 0.497 e. The molecule has 0 spiro atoms. The van der Waals surface area contributed by atoms with Crippen molar-refractivity contribution in [3.8, 4) is 5.75 Å². The molecule has 1 N–H and O–H groups in total. The van der Waals surface area contributed by atoms with Crippen LogP contribution in [0.15, 0.2) is 24.3 Å². The minimum absolute atomic E-state index is 0.0576. The molecule has 1 saturated heterocycles. The van der Waals surface area contributed by atoms with Crippen LogP contribution in [0.5, 0.6) is 5.75 Å². The molecule has 1 aliphatic carbocycles. The Morgan fingerprint density at radius 2 is 2.09 bits per heavy atom. The summed E-state index contributed by atoms with van der Waals surface area (Å²) < 4.78 is 5.19. The van der Waals surface area contributed by atoms with Crippen molar-refractivity contribution < 1.29 is 19.4 Å². The van der Waals surface area contributed by atoms with Gasteiger partial charge in [-0.3, -0.25) is 9.59 Å². The van der Waals surface area contributed by atoms with Crippen molar-refractivity contribution in [2.45, 2.75) is 25.7 Å². The van der Waals surface area contributed by atoms with Crippen LogP contribution in [-0.4, -0.2) is 42.1 Å². The number of hydrogen-bond donors (Lipinski definition) is 1. The van der Waals surface area contributed by atoms with Crippen LogP contribution in [0.25, 0.3) is 0 Å². The number of aryl methyl sites for hydroxylation is 1. The molecule has 1 aromatic carbocycles. The number of ether oxygens (including phenoxy) is 1. The predicted octanol–water partition coefficient (Wildman–Crippen LogP) is 2.20. The molecular weight excluding hydrogens is 294 g/mol. The molecular formula is C18H23NO4. The molecule has 2 fully saturated rings. The zero-order valence-corrected chi connectivity index (χ0v) is 13.4. The lowest BCUT2D eigenvalue weighted by Crippen LogP contribution is -2.30. The zero-order chi connectivity index (χ0) is 16.4. The minimum Gasteiger partial charge on any atom is -0.497 e. The summed E-state index contributed by atoms with van der Waals surface area (Å²) in [7, 11) is 1.62. The van der Waals surface area contributed by atoms with Gasteiger partial charge < -0.3 is 14.7 Å². The van der Waals surface area contributed by atoms with E-state index >= 15 is 0 Å². The van der Waals surface area contributed by atoms with Gasteiger partial charge in [0.2, 0.25) is 5.91 Å². The molecule has 2 atom stereocenters. The summed E-state index contributed by atoms with van der Waals surface area (Å²) in [5.41, 5.74) is 1.06. The number of methoxy groups -OCH3 is 1. The van der Waals surface area contributed by atoms with E-state index in [0.717, 1.165) is 24.2 Å². The molecule has 1 saturated carbocycles. The van der Waals surface area contributed by atoms with E-state index in [1.165, 1.54) is 0 Å². The number of carbonyl (C=O) groups is 2. The third-order valence-corrected chi connectivity index (χ3v) is 5.02. The van der Waals surface area contributed by atoms with E-state index in [4.69, 9.17) is 4.74 Å². The van der Waals surface area contributed by atoms with E-state index in [1.807, 2.05) is 24.3 Å². The fourth-order valence-corrected chi connectivity index (χ4v) is 3.53. The lowest BCUT2D eigenvalue weighted by Gasteiger charge is -2.16. The first-order chi connectivity index (χ1) is 11.1. The summed E-state index contributed by atoms with van der Waals surface area (Å²) in [5.74, 6) is 0.354. The molecule has 124 valence electrons. The number of likely N-dealkylation sites (tertiary alicyclic amines) is 1. The second kappa shape index (κ2) is 6.60. The summed E-state index contributed by atoms with van der Waals surface area (Å²) in [6, 6.07) is 7.71. The molecule has 0 unspecified atom stereocenters. The van der Waals surface area contributed by atoms with E-state index in [-0.39, 0.29) is 17.7 Å². The van der Waals surface area contributed by atoms with Crippen molar-refractivity contribution in [3.05, 3.63) is 29.8 Å². The molecule has 2 aliphatic rings. The Morgan fingerprint density at radius 3 is 2.74 bits per heavy atom.